The quantitative estimate of drug-likeness (QED) is 0.445. The minimum Gasteiger partial charge on any atom is -0.319 e. The molecule has 0 saturated carbocycles. The van der Waals surface area contributed by atoms with Crippen molar-refractivity contribution >= 4 is 29.1 Å². The Kier molecular flexibility index (Phi) is 5.40. The second-order valence-electron chi connectivity index (χ2n) is 6.72. The molecule has 0 aliphatic carbocycles. The molecule has 0 aliphatic rings. The van der Waals surface area contributed by atoms with Crippen molar-refractivity contribution in [1.82, 2.24) is 19.6 Å². The van der Waals surface area contributed by atoms with E-state index in [4.69, 9.17) is 0 Å². The van der Waals surface area contributed by atoms with Gasteiger partial charge in [0, 0.05) is 16.1 Å². The summed E-state index contributed by atoms with van der Waals surface area (Å²) in [7, 11) is 0. The molecule has 2 aromatic heterocycles. The van der Waals surface area contributed by atoms with Crippen molar-refractivity contribution in [3.8, 4) is 11.3 Å². The van der Waals surface area contributed by atoms with Crippen LogP contribution in [0.5, 0.6) is 0 Å². The SMILES string of the molecule is CSc1cccc(NC(=O)c2nc3nc(-c4ccc(C)cc4)cc(C(F)(F)F)n3n2)c1. The molecule has 2 aromatic carbocycles. The minimum absolute atomic E-state index is 0.0897. The summed E-state index contributed by atoms with van der Waals surface area (Å²) in [6.45, 7) is 1.87. The molecule has 0 unspecified atom stereocenters. The minimum atomic E-state index is -4.71. The molecule has 2 heterocycles. The summed E-state index contributed by atoms with van der Waals surface area (Å²) in [6, 6.07) is 14.9. The zero-order valence-corrected chi connectivity index (χ0v) is 17.3. The summed E-state index contributed by atoms with van der Waals surface area (Å²) < 4.78 is 41.6. The van der Waals surface area contributed by atoms with Crippen molar-refractivity contribution in [1.29, 1.82) is 0 Å². The van der Waals surface area contributed by atoms with Gasteiger partial charge in [-0.05, 0) is 37.4 Å². The van der Waals surface area contributed by atoms with Crippen molar-refractivity contribution in [2.24, 2.45) is 0 Å². The van der Waals surface area contributed by atoms with Crippen molar-refractivity contribution in [2.45, 2.75) is 18.0 Å². The largest absolute Gasteiger partial charge is 0.433 e. The van der Waals surface area contributed by atoms with Crippen LogP contribution in [0.1, 0.15) is 21.9 Å². The first-order chi connectivity index (χ1) is 14.7. The van der Waals surface area contributed by atoms with E-state index in [2.05, 4.69) is 20.4 Å². The van der Waals surface area contributed by atoms with E-state index in [0.29, 0.717) is 15.8 Å². The average molecular weight is 443 g/mol. The van der Waals surface area contributed by atoms with Gasteiger partial charge >= 0.3 is 6.18 Å². The lowest BCUT2D eigenvalue weighted by Crippen LogP contribution is -2.16. The van der Waals surface area contributed by atoms with Gasteiger partial charge in [-0.2, -0.15) is 22.7 Å². The third-order valence-corrected chi connectivity index (χ3v) is 5.21. The Labute approximate surface area is 179 Å². The van der Waals surface area contributed by atoms with Gasteiger partial charge in [-0.1, -0.05) is 35.9 Å². The number of alkyl halides is 3. The van der Waals surface area contributed by atoms with Crippen molar-refractivity contribution < 1.29 is 18.0 Å². The number of nitrogens with one attached hydrogen (secondary N) is 1. The molecular formula is C21H16F3N5OS. The summed E-state index contributed by atoms with van der Waals surface area (Å²) in [5, 5.41) is 6.38. The summed E-state index contributed by atoms with van der Waals surface area (Å²) in [6.07, 6.45) is -2.82. The number of carbonyl (C=O) groups excluding carboxylic acids is 1. The van der Waals surface area contributed by atoms with E-state index < -0.39 is 23.6 Å². The number of nitrogens with zero attached hydrogens (tertiary/aromatic N) is 4. The Morgan fingerprint density at radius 1 is 1.06 bits per heavy atom. The monoisotopic (exact) mass is 443 g/mol. The van der Waals surface area contributed by atoms with Crippen LogP contribution in [0.2, 0.25) is 0 Å². The van der Waals surface area contributed by atoms with Crippen LogP contribution in [-0.4, -0.2) is 31.7 Å². The van der Waals surface area contributed by atoms with Crippen LogP contribution in [0.4, 0.5) is 18.9 Å². The lowest BCUT2D eigenvalue weighted by molar-refractivity contribution is -0.142. The number of halogens is 3. The molecule has 31 heavy (non-hydrogen) atoms. The fraction of sp³-hybridized carbons (Fsp3) is 0.143. The number of fused-ring (bicyclic) bond motifs is 1. The number of amides is 1. The molecule has 0 bridgehead atoms. The molecule has 1 amide bonds. The summed E-state index contributed by atoms with van der Waals surface area (Å²) in [5.41, 5.74) is 0.977. The fourth-order valence-electron chi connectivity index (χ4n) is 2.93. The number of hydrogen-bond acceptors (Lipinski definition) is 5. The van der Waals surface area contributed by atoms with E-state index >= 15 is 0 Å². The molecule has 0 radical (unpaired) electrons. The Morgan fingerprint density at radius 3 is 2.48 bits per heavy atom. The van der Waals surface area contributed by atoms with Crippen molar-refractivity contribution in [3.05, 3.63) is 71.7 Å². The van der Waals surface area contributed by atoms with Gasteiger partial charge in [-0.15, -0.1) is 16.9 Å². The predicted molar refractivity (Wildman–Crippen MR) is 112 cm³/mol. The first-order valence-corrected chi connectivity index (χ1v) is 10.3. The van der Waals surface area contributed by atoms with E-state index in [1.807, 2.05) is 19.2 Å². The second kappa shape index (κ2) is 8.03. The van der Waals surface area contributed by atoms with Gasteiger partial charge in [0.1, 0.15) is 0 Å². The number of rotatable bonds is 4. The smallest absolute Gasteiger partial charge is 0.319 e. The maximum absolute atomic E-state index is 13.7. The molecule has 0 spiro atoms. The van der Waals surface area contributed by atoms with Crippen LogP contribution in [0.15, 0.2) is 59.5 Å². The highest BCUT2D eigenvalue weighted by Gasteiger charge is 2.36. The van der Waals surface area contributed by atoms with Crippen LogP contribution in [0, 0.1) is 6.92 Å². The van der Waals surface area contributed by atoms with Gasteiger partial charge in [0.2, 0.25) is 5.82 Å². The maximum atomic E-state index is 13.7. The van der Waals surface area contributed by atoms with E-state index in [1.165, 1.54) is 11.8 Å². The summed E-state index contributed by atoms with van der Waals surface area (Å²) in [4.78, 5) is 21.6. The average Bonchev–Trinajstić information content (AvgIpc) is 3.17. The van der Waals surface area contributed by atoms with E-state index in [9.17, 15) is 18.0 Å². The number of aromatic nitrogens is 4. The third-order valence-electron chi connectivity index (χ3n) is 4.48. The van der Waals surface area contributed by atoms with Gasteiger partial charge < -0.3 is 5.32 Å². The number of hydrogen-bond donors (Lipinski definition) is 1. The van der Waals surface area contributed by atoms with Gasteiger partial charge in [0.25, 0.3) is 11.7 Å². The van der Waals surface area contributed by atoms with E-state index in [0.717, 1.165) is 16.5 Å². The molecule has 0 saturated heterocycles. The molecule has 10 heteroatoms. The molecular weight excluding hydrogens is 427 g/mol. The number of benzene rings is 2. The zero-order chi connectivity index (χ0) is 22.2. The number of aryl methyl sites for hydroxylation is 1. The maximum Gasteiger partial charge on any atom is 0.433 e. The standard InChI is InChI=1S/C21H16F3N5OS/c1-12-6-8-13(9-7-12)16-11-17(21(22,23)24)29-20(26-16)27-18(28-29)19(30)25-14-4-3-5-15(10-14)31-2/h3-11H,1-2H3,(H,25,30). The highest BCUT2D eigenvalue weighted by molar-refractivity contribution is 7.98. The molecule has 1 N–H and O–H groups in total. The molecule has 4 rings (SSSR count). The Morgan fingerprint density at radius 2 is 1.81 bits per heavy atom. The molecule has 0 atom stereocenters. The van der Waals surface area contributed by atoms with Gasteiger partial charge in [0.05, 0.1) is 5.69 Å². The normalized spacial score (nSPS) is 11.6. The summed E-state index contributed by atoms with van der Waals surface area (Å²) in [5.74, 6) is -1.45. The molecule has 158 valence electrons. The van der Waals surface area contributed by atoms with Crippen LogP contribution < -0.4 is 5.32 Å². The number of carbonyl (C=O) groups is 1. The van der Waals surface area contributed by atoms with E-state index in [-0.39, 0.29) is 11.5 Å². The molecule has 4 aromatic rings. The highest BCUT2D eigenvalue weighted by Crippen LogP contribution is 2.32. The van der Waals surface area contributed by atoms with Gasteiger partial charge in [-0.25, -0.2) is 4.98 Å². The fourth-order valence-corrected chi connectivity index (χ4v) is 3.39. The van der Waals surface area contributed by atoms with Crippen LogP contribution >= 0.6 is 11.8 Å². The van der Waals surface area contributed by atoms with Crippen molar-refractivity contribution in [2.75, 3.05) is 11.6 Å². The Balaban J connectivity index is 1.76. The summed E-state index contributed by atoms with van der Waals surface area (Å²) >= 11 is 1.49. The van der Waals surface area contributed by atoms with E-state index in [1.54, 1.807) is 42.5 Å². The van der Waals surface area contributed by atoms with Crippen molar-refractivity contribution in [3.63, 3.8) is 0 Å². The van der Waals surface area contributed by atoms with Crippen LogP contribution in [0.3, 0.4) is 0 Å². The number of thioether (sulfide) groups is 1. The highest BCUT2D eigenvalue weighted by atomic mass is 32.2. The van der Waals surface area contributed by atoms with Gasteiger partial charge in [0.15, 0.2) is 5.69 Å². The lowest BCUT2D eigenvalue weighted by atomic mass is 10.1. The van der Waals surface area contributed by atoms with Gasteiger partial charge in [-0.3, -0.25) is 4.79 Å². The first kappa shape index (κ1) is 20.9. The lowest BCUT2D eigenvalue weighted by Gasteiger charge is -2.10. The zero-order valence-electron chi connectivity index (χ0n) is 16.4. The predicted octanol–water partition coefficient (Wildman–Crippen LogP) is 5.09. The topological polar surface area (TPSA) is 72.2 Å². The Hall–Kier alpha value is -3.40. The van der Waals surface area contributed by atoms with Crippen LogP contribution in [0.25, 0.3) is 17.0 Å². The molecule has 0 aliphatic heterocycles. The number of anilines is 1. The molecule has 0 fully saturated rings. The molecule has 6 nitrogen and oxygen atoms in total. The third kappa shape index (κ3) is 4.38. The van der Waals surface area contributed by atoms with Crippen LogP contribution in [-0.2, 0) is 6.18 Å². The Bertz CT molecular complexity index is 1270. The second-order valence-corrected chi connectivity index (χ2v) is 7.60. The first-order valence-electron chi connectivity index (χ1n) is 9.12.